The van der Waals surface area contributed by atoms with E-state index in [1.165, 1.54) is 0 Å². The minimum Gasteiger partial charge on any atom is -0.309 e. The predicted molar refractivity (Wildman–Crippen MR) is 45.5 cm³/mol. The predicted octanol–water partition coefficient (Wildman–Crippen LogP) is 2.56. The molecule has 1 unspecified atom stereocenters. The Balaban J connectivity index is 2.39. The molecule has 0 aliphatic heterocycles. The lowest BCUT2D eigenvalue weighted by atomic mass is 10.1. The highest BCUT2D eigenvalue weighted by Gasteiger charge is 2.40. The molecule has 1 nitrogen and oxygen atoms in total. The van der Waals surface area contributed by atoms with E-state index >= 15 is 0 Å². The van der Waals surface area contributed by atoms with E-state index in [-0.39, 0.29) is 24.4 Å². The van der Waals surface area contributed by atoms with Crippen LogP contribution in [0.25, 0.3) is 0 Å². The van der Waals surface area contributed by atoms with Crippen LogP contribution < -0.4 is 5.32 Å². The van der Waals surface area contributed by atoms with Crippen LogP contribution in [-0.4, -0.2) is 17.5 Å². The number of hydrogen-bond donors (Lipinski definition) is 1. The zero-order valence-corrected chi connectivity index (χ0v) is 7.95. The maximum atomic E-state index is 12.7. The van der Waals surface area contributed by atoms with Gasteiger partial charge in [0.1, 0.15) is 0 Å². The number of halogens is 2. The van der Waals surface area contributed by atoms with Crippen LogP contribution in [0.2, 0.25) is 0 Å². The van der Waals surface area contributed by atoms with E-state index in [1.54, 1.807) is 0 Å². The lowest BCUT2D eigenvalue weighted by molar-refractivity contribution is 0.00624. The van der Waals surface area contributed by atoms with Crippen molar-refractivity contribution in [1.29, 1.82) is 0 Å². The minimum atomic E-state index is -2.43. The Hall–Kier alpha value is -0.180. The van der Waals surface area contributed by atoms with Crippen molar-refractivity contribution in [2.75, 3.05) is 0 Å². The molecule has 0 amide bonds. The normalized spacial score (nSPS) is 29.2. The number of hydrogen-bond acceptors (Lipinski definition) is 1. The molecule has 1 N–H and O–H groups in total. The van der Waals surface area contributed by atoms with E-state index in [1.807, 2.05) is 20.8 Å². The Morgan fingerprint density at radius 2 is 1.92 bits per heavy atom. The van der Waals surface area contributed by atoms with E-state index in [9.17, 15) is 8.78 Å². The molecular formula is C9H17F2N. The van der Waals surface area contributed by atoms with Gasteiger partial charge < -0.3 is 5.32 Å². The van der Waals surface area contributed by atoms with Crippen LogP contribution in [0.3, 0.4) is 0 Å². The van der Waals surface area contributed by atoms with Crippen molar-refractivity contribution < 1.29 is 8.78 Å². The van der Waals surface area contributed by atoms with Gasteiger partial charge in [0.25, 0.3) is 0 Å². The summed E-state index contributed by atoms with van der Waals surface area (Å²) in [6.07, 6.45) is 0.648. The Kier molecular flexibility index (Phi) is 2.43. The standard InChI is InChI=1S/C9H17F2N/c1-8(2,3)12-7-4-5-9(10,11)6-7/h7,12H,4-6H2,1-3H3. The van der Waals surface area contributed by atoms with Gasteiger partial charge >= 0.3 is 0 Å². The number of alkyl halides is 2. The summed E-state index contributed by atoms with van der Waals surface area (Å²) in [5, 5.41) is 3.19. The molecule has 0 saturated heterocycles. The van der Waals surface area contributed by atoms with Gasteiger partial charge in [0, 0.05) is 24.4 Å². The summed E-state index contributed by atoms with van der Waals surface area (Å²) in [5.41, 5.74) is -0.0505. The monoisotopic (exact) mass is 177 g/mol. The topological polar surface area (TPSA) is 12.0 Å². The van der Waals surface area contributed by atoms with Crippen LogP contribution >= 0.6 is 0 Å². The van der Waals surface area contributed by atoms with Gasteiger partial charge in [0.2, 0.25) is 5.92 Å². The molecule has 0 aromatic carbocycles. The lowest BCUT2D eigenvalue weighted by Gasteiger charge is -2.25. The maximum absolute atomic E-state index is 12.7. The first-order chi connectivity index (χ1) is 5.29. The minimum absolute atomic E-state index is 0.000000000000000222. The number of nitrogens with one attached hydrogen (secondary N) is 1. The van der Waals surface area contributed by atoms with Crippen LogP contribution in [0.4, 0.5) is 8.78 Å². The quantitative estimate of drug-likeness (QED) is 0.649. The second-order valence-electron chi connectivity index (χ2n) is 4.69. The molecule has 0 heterocycles. The fourth-order valence-electron chi connectivity index (χ4n) is 1.69. The lowest BCUT2D eigenvalue weighted by Crippen LogP contribution is -2.42. The van der Waals surface area contributed by atoms with E-state index < -0.39 is 5.92 Å². The van der Waals surface area contributed by atoms with E-state index in [0.29, 0.717) is 6.42 Å². The largest absolute Gasteiger partial charge is 0.309 e. The third kappa shape index (κ3) is 3.05. The van der Waals surface area contributed by atoms with Gasteiger partial charge in [-0.25, -0.2) is 8.78 Å². The molecule has 0 aromatic heterocycles. The first-order valence-corrected chi connectivity index (χ1v) is 4.44. The first kappa shape index (κ1) is 9.90. The summed E-state index contributed by atoms with van der Waals surface area (Å²) >= 11 is 0. The van der Waals surface area contributed by atoms with Crippen molar-refractivity contribution in [3.8, 4) is 0 Å². The van der Waals surface area contributed by atoms with Crippen molar-refractivity contribution in [3.05, 3.63) is 0 Å². The van der Waals surface area contributed by atoms with Crippen LogP contribution in [0, 0.1) is 0 Å². The highest BCUT2D eigenvalue weighted by Crippen LogP contribution is 2.35. The van der Waals surface area contributed by atoms with Crippen molar-refractivity contribution in [2.24, 2.45) is 0 Å². The Bertz CT molecular complexity index is 160. The first-order valence-electron chi connectivity index (χ1n) is 4.44. The van der Waals surface area contributed by atoms with E-state index in [0.717, 1.165) is 0 Å². The second-order valence-corrected chi connectivity index (χ2v) is 4.69. The molecule has 1 atom stereocenters. The van der Waals surface area contributed by atoms with Crippen molar-refractivity contribution in [1.82, 2.24) is 5.32 Å². The zero-order valence-electron chi connectivity index (χ0n) is 7.95. The van der Waals surface area contributed by atoms with Crippen LogP contribution in [0.15, 0.2) is 0 Å². The van der Waals surface area contributed by atoms with Gasteiger partial charge in [0.15, 0.2) is 0 Å². The fraction of sp³-hybridized carbons (Fsp3) is 1.00. The molecule has 0 aromatic rings. The molecular weight excluding hydrogens is 160 g/mol. The van der Waals surface area contributed by atoms with Gasteiger partial charge in [-0.2, -0.15) is 0 Å². The van der Waals surface area contributed by atoms with Gasteiger partial charge in [-0.15, -0.1) is 0 Å². The molecule has 3 heteroatoms. The molecule has 0 spiro atoms. The van der Waals surface area contributed by atoms with Gasteiger partial charge in [-0.05, 0) is 27.2 Å². The molecule has 0 radical (unpaired) electrons. The fourth-order valence-corrected chi connectivity index (χ4v) is 1.69. The molecule has 1 aliphatic rings. The zero-order chi connectivity index (χ0) is 9.41. The Morgan fingerprint density at radius 1 is 1.33 bits per heavy atom. The van der Waals surface area contributed by atoms with Crippen molar-refractivity contribution >= 4 is 0 Å². The molecule has 72 valence electrons. The van der Waals surface area contributed by atoms with E-state index in [2.05, 4.69) is 5.32 Å². The summed E-state index contributed by atoms with van der Waals surface area (Å²) in [5.74, 6) is -2.43. The molecule has 12 heavy (non-hydrogen) atoms. The van der Waals surface area contributed by atoms with Crippen LogP contribution in [0.1, 0.15) is 40.0 Å². The highest BCUT2D eigenvalue weighted by atomic mass is 19.3. The summed E-state index contributed by atoms with van der Waals surface area (Å²) in [7, 11) is 0. The molecule has 0 bridgehead atoms. The van der Waals surface area contributed by atoms with Gasteiger partial charge in [-0.1, -0.05) is 0 Å². The SMILES string of the molecule is CC(C)(C)NC1CCC(F)(F)C1. The summed E-state index contributed by atoms with van der Waals surface area (Å²) in [6.45, 7) is 6.01. The molecule has 1 aliphatic carbocycles. The van der Waals surface area contributed by atoms with Crippen LogP contribution in [0.5, 0.6) is 0 Å². The third-order valence-corrected chi connectivity index (χ3v) is 2.04. The summed E-state index contributed by atoms with van der Waals surface area (Å²) in [6, 6.07) is -0.000000000000000222. The Morgan fingerprint density at radius 3 is 2.25 bits per heavy atom. The summed E-state index contributed by atoms with van der Waals surface area (Å²) < 4.78 is 25.5. The smallest absolute Gasteiger partial charge is 0.249 e. The molecule has 1 rings (SSSR count). The van der Waals surface area contributed by atoms with Gasteiger partial charge in [-0.3, -0.25) is 0 Å². The van der Waals surface area contributed by atoms with Crippen LogP contribution in [-0.2, 0) is 0 Å². The Labute approximate surface area is 72.5 Å². The molecule has 1 fully saturated rings. The maximum Gasteiger partial charge on any atom is 0.249 e. The van der Waals surface area contributed by atoms with Gasteiger partial charge in [0.05, 0.1) is 0 Å². The van der Waals surface area contributed by atoms with Crippen molar-refractivity contribution in [2.45, 2.75) is 57.5 Å². The second kappa shape index (κ2) is 2.95. The third-order valence-electron chi connectivity index (χ3n) is 2.04. The summed E-state index contributed by atoms with van der Waals surface area (Å²) in [4.78, 5) is 0. The average molecular weight is 177 g/mol. The van der Waals surface area contributed by atoms with E-state index in [4.69, 9.17) is 0 Å². The molecule has 1 saturated carbocycles. The average Bonchev–Trinajstić information content (AvgIpc) is 2.05. The number of rotatable bonds is 1. The highest BCUT2D eigenvalue weighted by molar-refractivity contribution is 4.89. The van der Waals surface area contributed by atoms with Crippen molar-refractivity contribution in [3.63, 3.8) is 0 Å².